The molecule has 0 radical (unpaired) electrons. The Morgan fingerprint density at radius 3 is 2.29 bits per heavy atom. The van der Waals surface area contributed by atoms with Gasteiger partial charge < -0.3 is 10.6 Å². The van der Waals surface area contributed by atoms with E-state index in [1.54, 1.807) is 0 Å². The number of ketones is 1. The molecule has 1 atom stereocenters. The SMILES string of the molecule is CCC(=O)C(CCNC(C)(C)C)NC. The Kier molecular flexibility index (Phi) is 5.96. The Bertz CT molecular complexity index is 173. The molecule has 0 amide bonds. The highest BCUT2D eigenvalue weighted by Gasteiger charge is 2.15. The van der Waals surface area contributed by atoms with Crippen molar-refractivity contribution in [1.29, 1.82) is 0 Å². The van der Waals surface area contributed by atoms with Crippen LogP contribution in [-0.4, -0.2) is 31.0 Å². The molecule has 0 saturated carbocycles. The number of hydrogen-bond donors (Lipinski definition) is 2. The highest BCUT2D eigenvalue weighted by molar-refractivity contribution is 5.83. The monoisotopic (exact) mass is 200 g/mol. The summed E-state index contributed by atoms with van der Waals surface area (Å²) < 4.78 is 0. The minimum atomic E-state index is 0.00912. The topological polar surface area (TPSA) is 41.1 Å². The maximum absolute atomic E-state index is 11.4. The van der Waals surface area contributed by atoms with Crippen molar-refractivity contribution < 1.29 is 4.79 Å². The van der Waals surface area contributed by atoms with Crippen molar-refractivity contribution in [1.82, 2.24) is 10.6 Å². The molecule has 14 heavy (non-hydrogen) atoms. The van der Waals surface area contributed by atoms with Gasteiger partial charge in [-0.3, -0.25) is 4.79 Å². The maximum Gasteiger partial charge on any atom is 0.149 e. The summed E-state index contributed by atoms with van der Waals surface area (Å²) in [5, 5.41) is 6.42. The molecule has 3 nitrogen and oxygen atoms in total. The van der Waals surface area contributed by atoms with E-state index in [9.17, 15) is 4.79 Å². The van der Waals surface area contributed by atoms with Gasteiger partial charge in [0.2, 0.25) is 0 Å². The van der Waals surface area contributed by atoms with E-state index in [4.69, 9.17) is 0 Å². The third kappa shape index (κ3) is 6.11. The number of carbonyl (C=O) groups excluding carboxylic acids is 1. The molecule has 0 spiro atoms. The molecule has 1 unspecified atom stereocenters. The van der Waals surface area contributed by atoms with Crippen LogP contribution in [0, 0.1) is 0 Å². The highest BCUT2D eigenvalue weighted by Crippen LogP contribution is 2.01. The molecule has 0 aromatic carbocycles. The molecule has 0 bridgehead atoms. The first kappa shape index (κ1) is 13.6. The molecule has 0 aliphatic rings. The molecular weight excluding hydrogens is 176 g/mol. The first-order chi connectivity index (χ1) is 6.40. The number of carbonyl (C=O) groups is 1. The lowest BCUT2D eigenvalue weighted by molar-refractivity contribution is -0.120. The zero-order valence-electron chi connectivity index (χ0n) is 10.1. The van der Waals surface area contributed by atoms with Gasteiger partial charge >= 0.3 is 0 Å². The second-order valence-corrected chi connectivity index (χ2v) is 4.63. The van der Waals surface area contributed by atoms with Gasteiger partial charge in [-0.05, 0) is 40.8 Å². The van der Waals surface area contributed by atoms with Crippen LogP contribution in [0.15, 0.2) is 0 Å². The third-order valence-corrected chi connectivity index (χ3v) is 2.17. The van der Waals surface area contributed by atoms with E-state index >= 15 is 0 Å². The van der Waals surface area contributed by atoms with Crippen molar-refractivity contribution in [2.75, 3.05) is 13.6 Å². The summed E-state index contributed by atoms with van der Waals surface area (Å²) in [6, 6.07) is 0.00912. The second kappa shape index (κ2) is 6.14. The number of nitrogens with one attached hydrogen (secondary N) is 2. The van der Waals surface area contributed by atoms with Crippen molar-refractivity contribution in [2.24, 2.45) is 0 Å². The molecule has 0 rings (SSSR count). The zero-order valence-corrected chi connectivity index (χ0v) is 10.1. The van der Waals surface area contributed by atoms with E-state index in [1.807, 2.05) is 14.0 Å². The summed E-state index contributed by atoms with van der Waals surface area (Å²) in [4.78, 5) is 11.4. The van der Waals surface area contributed by atoms with Gasteiger partial charge in [0.05, 0.1) is 6.04 Å². The Morgan fingerprint density at radius 1 is 1.36 bits per heavy atom. The van der Waals surface area contributed by atoms with Gasteiger partial charge in [0, 0.05) is 12.0 Å². The van der Waals surface area contributed by atoms with E-state index < -0.39 is 0 Å². The fourth-order valence-corrected chi connectivity index (χ4v) is 1.30. The summed E-state index contributed by atoms with van der Waals surface area (Å²) in [6.07, 6.45) is 1.47. The van der Waals surface area contributed by atoms with Crippen LogP contribution in [0.2, 0.25) is 0 Å². The maximum atomic E-state index is 11.4. The first-order valence-corrected chi connectivity index (χ1v) is 5.35. The average Bonchev–Trinajstić information content (AvgIpc) is 2.09. The van der Waals surface area contributed by atoms with Gasteiger partial charge in [-0.25, -0.2) is 0 Å². The molecule has 0 aliphatic carbocycles. The Hall–Kier alpha value is -0.410. The van der Waals surface area contributed by atoms with Crippen molar-refractivity contribution in [3.05, 3.63) is 0 Å². The Balaban J connectivity index is 3.80. The standard InChI is InChI=1S/C11H24N2O/c1-6-10(14)9(12-5)7-8-13-11(2,3)4/h9,12-13H,6-8H2,1-5H3. The van der Waals surface area contributed by atoms with E-state index in [-0.39, 0.29) is 11.6 Å². The minimum Gasteiger partial charge on any atom is -0.312 e. The van der Waals surface area contributed by atoms with Crippen LogP contribution < -0.4 is 10.6 Å². The molecule has 0 aromatic heterocycles. The summed E-state index contributed by atoms with van der Waals surface area (Å²) in [5.74, 6) is 0.295. The normalized spacial score (nSPS) is 14.1. The lowest BCUT2D eigenvalue weighted by Crippen LogP contribution is -2.41. The predicted octanol–water partition coefficient (Wildman–Crippen LogP) is 1.33. The van der Waals surface area contributed by atoms with Gasteiger partial charge in [-0.2, -0.15) is 0 Å². The largest absolute Gasteiger partial charge is 0.312 e. The van der Waals surface area contributed by atoms with Crippen molar-refractivity contribution in [2.45, 2.75) is 52.1 Å². The summed E-state index contributed by atoms with van der Waals surface area (Å²) in [7, 11) is 1.84. The van der Waals surface area contributed by atoms with Crippen LogP contribution in [0.4, 0.5) is 0 Å². The van der Waals surface area contributed by atoms with Crippen LogP contribution in [0.5, 0.6) is 0 Å². The van der Waals surface area contributed by atoms with Crippen LogP contribution in [-0.2, 0) is 4.79 Å². The van der Waals surface area contributed by atoms with E-state index in [2.05, 4.69) is 31.4 Å². The summed E-state index contributed by atoms with van der Waals surface area (Å²) in [5.41, 5.74) is 0.132. The zero-order chi connectivity index (χ0) is 11.2. The van der Waals surface area contributed by atoms with Crippen molar-refractivity contribution in [3.63, 3.8) is 0 Å². The van der Waals surface area contributed by atoms with Gasteiger partial charge in [-0.15, -0.1) is 0 Å². The number of hydrogen-bond acceptors (Lipinski definition) is 3. The molecule has 0 fully saturated rings. The lowest BCUT2D eigenvalue weighted by Gasteiger charge is -2.22. The second-order valence-electron chi connectivity index (χ2n) is 4.63. The van der Waals surface area contributed by atoms with Crippen molar-refractivity contribution in [3.8, 4) is 0 Å². The number of likely N-dealkylation sites (N-methyl/N-ethyl adjacent to an activating group) is 1. The Labute approximate surface area is 87.6 Å². The van der Waals surface area contributed by atoms with E-state index in [0.29, 0.717) is 12.2 Å². The molecule has 3 heteroatoms. The van der Waals surface area contributed by atoms with E-state index in [0.717, 1.165) is 13.0 Å². The summed E-state index contributed by atoms with van der Waals surface area (Å²) >= 11 is 0. The van der Waals surface area contributed by atoms with Gasteiger partial charge in [0.1, 0.15) is 5.78 Å². The van der Waals surface area contributed by atoms with Gasteiger partial charge in [-0.1, -0.05) is 6.92 Å². The molecule has 0 aromatic rings. The van der Waals surface area contributed by atoms with Gasteiger partial charge in [0.25, 0.3) is 0 Å². The average molecular weight is 200 g/mol. The summed E-state index contributed by atoms with van der Waals surface area (Å²) in [6.45, 7) is 9.17. The number of Topliss-reactive ketones (excluding diaryl/α,β-unsaturated/α-hetero) is 1. The van der Waals surface area contributed by atoms with E-state index in [1.165, 1.54) is 0 Å². The quantitative estimate of drug-likeness (QED) is 0.679. The molecule has 0 heterocycles. The molecule has 2 N–H and O–H groups in total. The van der Waals surface area contributed by atoms with Crippen LogP contribution in [0.3, 0.4) is 0 Å². The van der Waals surface area contributed by atoms with Crippen LogP contribution in [0.25, 0.3) is 0 Å². The van der Waals surface area contributed by atoms with Crippen LogP contribution in [0.1, 0.15) is 40.5 Å². The van der Waals surface area contributed by atoms with Crippen molar-refractivity contribution >= 4 is 5.78 Å². The molecular formula is C11H24N2O. The smallest absolute Gasteiger partial charge is 0.149 e. The fraction of sp³-hybridized carbons (Fsp3) is 0.909. The molecule has 84 valence electrons. The fourth-order valence-electron chi connectivity index (χ4n) is 1.30. The molecule has 0 saturated heterocycles. The predicted molar refractivity (Wildman–Crippen MR) is 60.5 cm³/mol. The van der Waals surface area contributed by atoms with Crippen LogP contribution >= 0.6 is 0 Å². The Morgan fingerprint density at radius 2 is 1.93 bits per heavy atom. The minimum absolute atomic E-state index is 0.00912. The van der Waals surface area contributed by atoms with Gasteiger partial charge in [0.15, 0.2) is 0 Å². The third-order valence-electron chi connectivity index (χ3n) is 2.17. The highest BCUT2D eigenvalue weighted by atomic mass is 16.1. The first-order valence-electron chi connectivity index (χ1n) is 5.35. The number of rotatable bonds is 6. The molecule has 0 aliphatic heterocycles. The lowest BCUT2D eigenvalue weighted by atomic mass is 10.1.